The number of amides is 1. The Morgan fingerprint density at radius 3 is 2.35 bits per heavy atom. The van der Waals surface area contributed by atoms with Gasteiger partial charge in [0.05, 0.1) is 5.56 Å². The normalized spacial score (nSPS) is 12.2. The monoisotopic (exact) mass is 236 g/mol. The minimum Gasteiger partial charge on any atom is -0.478 e. The Labute approximate surface area is 99.9 Å². The first-order chi connectivity index (χ1) is 7.91. The highest BCUT2D eigenvalue weighted by molar-refractivity contribution is 5.92. The number of carboxylic acid groups (broad SMARTS) is 1. The van der Waals surface area contributed by atoms with Gasteiger partial charge in [0.1, 0.15) is 5.82 Å². The summed E-state index contributed by atoms with van der Waals surface area (Å²) >= 11 is 0. The standard InChI is InChI=1S/C12H16N2O3/c1-7(2)8(3)11(15)14-10-5-4-9(6-13-10)12(16)17/h4-8H,1-3H3,(H,16,17)(H,13,14,15). The summed E-state index contributed by atoms with van der Waals surface area (Å²) in [6.45, 7) is 5.77. The van der Waals surface area contributed by atoms with Gasteiger partial charge in [-0.05, 0) is 18.1 Å². The average molecular weight is 236 g/mol. The van der Waals surface area contributed by atoms with E-state index in [1.54, 1.807) is 0 Å². The molecular formula is C12H16N2O3. The second-order valence-electron chi connectivity index (χ2n) is 4.26. The highest BCUT2D eigenvalue weighted by Gasteiger charge is 2.17. The van der Waals surface area contributed by atoms with Crippen molar-refractivity contribution < 1.29 is 14.7 Å². The van der Waals surface area contributed by atoms with Crippen LogP contribution in [-0.4, -0.2) is 22.0 Å². The fraction of sp³-hybridized carbons (Fsp3) is 0.417. The number of carboxylic acids is 1. The maximum absolute atomic E-state index is 11.7. The van der Waals surface area contributed by atoms with Crippen LogP contribution in [0.3, 0.4) is 0 Å². The molecule has 1 atom stereocenters. The molecule has 0 aromatic carbocycles. The van der Waals surface area contributed by atoms with Gasteiger partial charge in [-0.2, -0.15) is 0 Å². The lowest BCUT2D eigenvalue weighted by Gasteiger charge is -2.14. The summed E-state index contributed by atoms with van der Waals surface area (Å²) in [4.78, 5) is 26.2. The van der Waals surface area contributed by atoms with Crippen LogP contribution >= 0.6 is 0 Å². The Bertz CT molecular complexity index is 412. The molecule has 0 bridgehead atoms. The van der Waals surface area contributed by atoms with Crippen molar-refractivity contribution >= 4 is 17.7 Å². The van der Waals surface area contributed by atoms with Crippen molar-refractivity contribution in [2.75, 3.05) is 5.32 Å². The zero-order valence-corrected chi connectivity index (χ0v) is 10.1. The summed E-state index contributed by atoms with van der Waals surface area (Å²) < 4.78 is 0. The van der Waals surface area contributed by atoms with E-state index in [4.69, 9.17) is 5.11 Å². The molecule has 1 rings (SSSR count). The van der Waals surface area contributed by atoms with Gasteiger partial charge in [-0.15, -0.1) is 0 Å². The van der Waals surface area contributed by atoms with Gasteiger partial charge < -0.3 is 10.4 Å². The van der Waals surface area contributed by atoms with E-state index in [2.05, 4.69) is 10.3 Å². The van der Waals surface area contributed by atoms with E-state index in [9.17, 15) is 9.59 Å². The van der Waals surface area contributed by atoms with Crippen LogP contribution in [0.4, 0.5) is 5.82 Å². The van der Waals surface area contributed by atoms with Crippen LogP contribution in [0.15, 0.2) is 18.3 Å². The van der Waals surface area contributed by atoms with Gasteiger partial charge in [-0.1, -0.05) is 20.8 Å². The SMILES string of the molecule is CC(C)C(C)C(=O)Nc1ccc(C(=O)O)cn1. The Hall–Kier alpha value is -1.91. The Morgan fingerprint density at radius 1 is 1.29 bits per heavy atom. The number of hydrogen-bond donors (Lipinski definition) is 2. The number of rotatable bonds is 4. The van der Waals surface area contributed by atoms with Crippen molar-refractivity contribution in [3.8, 4) is 0 Å². The number of aromatic nitrogens is 1. The predicted molar refractivity (Wildman–Crippen MR) is 63.8 cm³/mol. The number of nitrogens with one attached hydrogen (secondary N) is 1. The topological polar surface area (TPSA) is 79.3 Å². The molecule has 1 unspecified atom stereocenters. The molecule has 17 heavy (non-hydrogen) atoms. The third-order valence-corrected chi connectivity index (χ3v) is 2.68. The summed E-state index contributed by atoms with van der Waals surface area (Å²) in [5.74, 6) is -0.654. The molecule has 1 aromatic heterocycles. The fourth-order valence-electron chi connectivity index (χ4n) is 1.14. The molecular weight excluding hydrogens is 220 g/mol. The van der Waals surface area contributed by atoms with Gasteiger partial charge in [-0.3, -0.25) is 4.79 Å². The number of aromatic carboxylic acids is 1. The number of carbonyl (C=O) groups excluding carboxylic acids is 1. The molecule has 1 heterocycles. The molecule has 92 valence electrons. The summed E-state index contributed by atoms with van der Waals surface area (Å²) in [7, 11) is 0. The van der Waals surface area contributed by atoms with Gasteiger partial charge >= 0.3 is 5.97 Å². The van der Waals surface area contributed by atoms with E-state index < -0.39 is 5.97 Å². The molecule has 2 N–H and O–H groups in total. The van der Waals surface area contributed by atoms with Crippen LogP contribution in [0, 0.1) is 11.8 Å². The molecule has 0 fully saturated rings. The van der Waals surface area contributed by atoms with E-state index in [1.165, 1.54) is 18.3 Å². The summed E-state index contributed by atoms with van der Waals surface area (Å²) in [5, 5.41) is 11.3. The minimum atomic E-state index is -1.04. The number of hydrogen-bond acceptors (Lipinski definition) is 3. The Kier molecular flexibility index (Phi) is 4.20. The number of carbonyl (C=O) groups is 2. The summed E-state index contributed by atoms with van der Waals surface area (Å²) in [5.41, 5.74) is 0.0971. The van der Waals surface area contributed by atoms with Crippen LogP contribution in [0.25, 0.3) is 0 Å². The first-order valence-electron chi connectivity index (χ1n) is 5.42. The van der Waals surface area contributed by atoms with Crippen molar-refractivity contribution in [2.24, 2.45) is 11.8 Å². The van der Waals surface area contributed by atoms with Crippen molar-refractivity contribution in [3.63, 3.8) is 0 Å². The largest absolute Gasteiger partial charge is 0.478 e. The molecule has 5 nitrogen and oxygen atoms in total. The molecule has 0 aliphatic rings. The molecule has 5 heteroatoms. The zero-order valence-electron chi connectivity index (χ0n) is 10.1. The molecule has 0 radical (unpaired) electrons. The van der Waals surface area contributed by atoms with Crippen molar-refractivity contribution in [2.45, 2.75) is 20.8 Å². The van der Waals surface area contributed by atoms with Gasteiger partial charge in [0.25, 0.3) is 0 Å². The molecule has 1 aromatic rings. The van der Waals surface area contributed by atoms with Gasteiger partial charge in [0.15, 0.2) is 0 Å². The van der Waals surface area contributed by atoms with E-state index in [0.717, 1.165) is 0 Å². The van der Waals surface area contributed by atoms with Crippen LogP contribution in [-0.2, 0) is 4.79 Å². The molecule has 0 aliphatic carbocycles. The average Bonchev–Trinajstić information content (AvgIpc) is 2.28. The Balaban J connectivity index is 2.70. The van der Waals surface area contributed by atoms with Crippen LogP contribution in [0.2, 0.25) is 0 Å². The number of pyridine rings is 1. The predicted octanol–water partition coefficient (Wildman–Crippen LogP) is 2.01. The lowest BCUT2D eigenvalue weighted by molar-refractivity contribution is -0.120. The number of anilines is 1. The summed E-state index contributed by atoms with van der Waals surface area (Å²) in [6, 6.07) is 2.89. The van der Waals surface area contributed by atoms with Crippen LogP contribution in [0.1, 0.15) is 31.1 Å². The first-order valence-corrected chi connectivity index (χ1v) is 5.42. The van der Waals surface area contributed by atoms with Crippen molar-refractivity contribution in [3.05, 3.63) is 23.9 Å². The van der Waals surface area contributed by atoms with Gasteiger partial charge in [-0.25, -0.2) is 9.78 Å². The number of nitrogens with zero attached hydrogens (tertiary/aromatic N) is 1. The van der Waals surface area contributed by atoms with E-state index in [-0.39, 0.29) is 23.3 Å². The lowest BCUT2D eigenvalue weighted by Crippen LogP contribution is -2.24. The highest BCUT2D eigenvalue weighted by atomic mass is 16.4. The lowest BCUT2D eigenvalue weighted by atomic mass is 9.97. The van der Waals surface area contributed by atoms with E-state index in [0.29, 0.717) is 5.82 Å². The molecule has 0 aliphatic heterocycles. The van der Waals surface area contributed by atoms with Gasteiger partial charge in [0, 0.05) is 12.1 Å². The summed E-state index contributed by atoms with van der Waals surface area (Å²) in [6.07, 6.45) is 1.22. The quantitative estimate of drug-likeness (QED) is 0.838. The maximum atomic E-state index is 11.7. The van der Waals surface area contributed by atoms with Crippen LogP contribution < -0.4 is 5.32 Å². The Morgan fingerprint density at radius 2 is 1.94 bits per heavy atom. The van der Waals surface area contributed by atoms with Crippen LogP contribution in [0.5, 0.6) is 0 Å². The van der Waals surface area contributed by atoms with Gasteiger partial charge in [0.2, 0.25) is 5.91 Å². The molecule has 0 saturated carbocycles. The van der Waals surface area contributed by atoms with Crippen molar-refractivity contribution in [1.82, 2.24) is 4.98 Å². The van der Waals surface area contributed by atoms with Crippen molar-refractivity contribution in [1.29, 1.82) is 0 Å². The minimum absolute atomic E-state index is 0.0971. The third-order valence-electron chi connectivity index (χ3n) is 2.68. The molecule has 1 amide bonds. The first kappa shape index (κ1) is 13.2. The second-order valence-corrected chi connectivity index (χ2v) is 4.26. The molecule has 0 spiro atoms. The zero-order chi connectivity index (χ0) is 13.0. The smallest absolute Gasteiger partial charge is 0.337 e. The maximum Gasteiger partial charge on any atom is 0.337 e. The highest BCUT2D eigenvalue weighted by Crippen LogP contribution is 2.13. The van der Waals surface area contributed by atoms with E-state index in [1.807, 2.05) is 20.8 Å². The second kappa shape index (κ2) is 5.43. The van der Waals surface area contributed by atoms with E-state index >= 15 is 0 Å². The molecule has 0 saturated heterocycles. The third kappa shape index (κ3) is 3.55. The fourth-order valence-corrected chi connectivity index (χ4v) is 1.14.